The van der Waals surface area contributed by atoms with E-state index >= 15 is 0 Å². The topological polar surface area (TPSA) is 224 Å². The first-order chi connectivity index (χ1) is 52.2. The van der Waals surface area contributed by atoms with E-state index in [0.717, 1.165) is 142 Å². The lowest BCUT2D eigenvalue weighted by atomic mass is 10.0. The van der Waals surface area contributed by atoms with E-state index < -0.39 is 21.7 Å². The number of likely N-dealkylation sites (N-methyl/N-ethyl adjacent to an activating group) is 2. The van der Waals surface area contributed by atoms with Crippen molar-refractivity contribution in [3.63, 3.8) is 0 Å². The number of rotatable bonds is 86. The quantitative estimate of drug-likeness (QED) is 0.0192. The summed E-state index contributed by atoms with van der Waals surface area (Å²) in [5.74, 6) is -0.267. The maximum Gasteiger partial charge on any atom is 0.472 e. The third kappa shape index (κ3) is 69.7. The Morgan fingerprint density at radius 2 is 0.546 bits per heavy atom. The normalized spacial score (nSPS) is 14.3. The summed E-state index contributed by atoms with van der Waals surface area (Å²) < 4.78 is 75.0. The molecule has 0 aliphatic heterocycles. The average Bonchev–Trinajstić information content (AvgIpc) is 0.872. The minimum Gasteiger partial charge on any atom is -0.462 e. The van der Waals surface area contributed by atoms with Crippen molar-refractivity contribution in [3.8, 4) is 0 Å². The van der Waals surface area contributed by atoms with Gasteiger partial charge in [-0.3, -0.25) is 27.7 Å². The fraction of sp³-hybridized carbons (Fsp3) is 0.966. The summed E-state index contributed by atoms with van der Waals surface area (Å²) in [6.07, 6.45) is 65.6. The molecule has 21 heteroatoms. The molecule has 0 rings (SSSR count). The number of hydrogen-bond donors (Lipinski definition) is 4. The predicted octanol–water partition coefficient (Wildman–Crippen LogP) is 24.0. The number of phosphoric ester groups is 2. The minimum atomic E-state index is -4.58. The molecular weight excluding hydrogens is 1400 g/mol. The van der Waals surface area contributed by atoms with E-state index in [4.69, 9.17) is 37.0 Å². The van der Waals surface area contributed by atoms with Crippen molar-refractivity contribution in [2.24, 2.45) is 0 Å². The Morgan fingerprint density at radius 1 is 0.306 bits per heavy atom. The fourth-order valence-corrected chi connectivity index (χ4v) is 15.6. The number of quaternary nitrogens is 2. The smallest absolute Gasteiger partial charge is 0.462 e. The van der Waals surface area contributed by atoms with Gasteiger partial charge in [-0.25, -0.2) is 13.9 Å². The Balaban J connectivity index is 5.71. The molecule has 0 saturated heterocycles. The zero-order valence-corrected chi connectivity index (χ0v) is 74.1. The Morgan fingerprint density at radius 3 is 0.815 bits per heavy atom. The molecule has 0 aromatic carbocycles. The highest BCUT2D eigenvalue weighted by molar-refractivity contribution is 7.47. The van der Waals surface area contributed by atoms with E-state index in [1.54, 1.807) is 0 Å². The van der Waals surface area contributed by atoms with E-state index in [9.17, 15) is 33.3 Å². The largest absolute Gasteiger partial charge is 0.472 e. The van der Waals surface area contributed by atoms with Gasteiger partial charge >= 0.3 is 33.6 Å². The molecule has 19 nitrogen and oxygen atoms in total. The van der Waals surface area contributed by atoms with E-state index in [1.807, 2.05) is 0 Å². The number of urea groups is 1. The number of carbonyl (C=O) groups excluding carboxylic acids is 3. The standard InChI is InChI=1S/C87H176N4O15P2/c1-11-17-23-29-33-37-39-41-45-49-55-61-71-90(7,8)81(77-99-73-67-83(63-57-51-27-21-15-5)105-85(92)65-59-53-47-43-35-31-25-19-13-3)79-103-107(95,96)101-75-69-88-87(94)89-70-76-102-108(97,98)104-80-82(91(9,10)72-62-56-50-46-42-40-38-34-30-24-18-12-2)78-100-74-68-84(64-58-52-28-22-16-6)106-86(93)66-60-54-48-44-36-32-26-20-14-4/h81-84H,11-80H2,1-10H3,(H2-2,88,89,94,95,96,97,98)/p+2/t81-,82-,83-,84-/m1/s1. The van der Waals surface area contributed by atoms with Crippen LogP contribution in [-0.4, -0.2) is 168 Å². The van der Waals surface area contributed by atoms with Crippen molar-refractivity contribution in [2.75, 3.05) is 107 Å². The van der Waals surface area contributed by atoms with Crippen molar-refractivity contribution >= 4 is 33.6 Å². The summed E-state index contributed by atoms with van der Waals surface area (Å²) in [5, 5.41) is 5.20. The van der Waals surface area contributed by atoms with Gasteiger partial charge in [0.05, 0.1) is 67.7 Å². The van der Waals surface area contributed by atoms with Crippen LogP contribution in [0.25, 0.3) is 0 Å². The zero-order chi connectivity index (χ0) is 79.6. The summed E-state index contributed by atoms with van der Waals surface area (Å²) in [6.45, 7) is 15.2. The molecule has 0 fully saturated rings. The van der Waals surface area contributed by atoms with Crippen LogP contribution >= 0.6 is 15.6 Å². The lowest BCUT2D eigenvalue weighted by Gasteiger charge is -2.38. The average molecular weight is 1580 g/mol. The van der Waals surface area contributed by atoms with Gasteiger partial charge in [0, 0.05) is 38.8 Å². The van der Waals surface area contributed by atoms with Crippen molar-refractivity contribution in [3.05, 3.63) is 0 Å². The second-order valence-corrected chi connectivity index (χ2v) is 35.9. The first-order valence-electron chi connectivity index (χ1n) is 45.7. The molecule has 0 aromatic rings. The molecule has 2 unspecified atom stereocenters. The van der Waals surface area contributed by atoms with Gasteiger partial charge in [0.15, 0.2) is 0 Å². The number of esters is 2. The lowest BCUT2D eigenvalue weighted by Crippen LogP contribution is -2.54. The van der Waals surface area contributed by atoms with Gasteiger partial charge in [-0.05, 0) is 64.2 Å². The summed E-state index contributed by atoms with van der Waals surface area (Å²) in [7, 11) is -0.732. The molecule has 0 spiro atoms. The van der Waals surface area contributed by atoms with Gasteiger partial charge in [-0.15, -0.1) is 0 Å². The number of hydrogen-bond acceptors (Lipinski definition) is 13. The molecule has 0 bridgehead atoms. The van der Waals surface area contributed by atoms with E-state index in [1.165, 1.54) is 218 Å². The SMILES string of the molecule is CCCCCCCCCCCCCC[N+](C)(C)[C@H](COCC[C@@H](CCCCCCC)OC(=O)CCCCCCCCCCC)COP(=O)(O)OCCNC(=O)NCCOP(=O)(O)OC[C@@H](COCC[C@@H](CCCCCCC)OC(=O)CCCCCCCCCCC)[N+](C)(C)CCCCCCCCCCCCCC. The third-order valence-electron chi connectivity index (χ3n) is 21.9. The Hall–Kier alpha value is -1.73. The first kappa shape index (κ1) is 106. The number of unbranched alkanes of at least 4 members (excludes halogenated alkanes) is 46. The van der Waals surface area contributed by atoms with Crippen LogP contribution in [0, 0.1) is 0 Å². The highest BCUT2D eigenvalue weighted by atomic mass is 31.2. The maximum absolute atomic E-state index is 13.5. The predicted molar refractivity (Wildman–Crippen MR) is 450 cm³/mol. The van der Waals surface area contributed by atoms with Crippen LogP contribution in [0.15, 0.2) is 0 Å². The molecule has 0 aromatic heterocycles. The molecule has 2 amide bonds. The first-order valence-corrected chi connectivity index (χ1v) is 48.6. The molecule has 0 heterocycles. The zero-order valence-electron chi connectivity index (χ0n) is 72.3. The molecule has 0 radical (unpaired) electrons. The molecule has 0 aliphatic carbocycles. The molecular formula is C87H178N4O15P2+2. The molecule has 644 valence electrons. The number of nitrogens with zero attached hydrogens (tertiary/aromatic N) is 2. The van der Waals surface area contributed by atoms with Crippen molar-refractivity contribution in [2.45, 2.75) is 438 Å². The van der Waals surface area contributed by atoms with Crippen molar-refractivity contribution in [1.82, 2.24) is 10.6 Å². The third-order valence-corrected chi connectivity index (χ3v) is 23.9. The Labute approximate surface area is 665 Å². The molecule has 0 saturated carbocycles. The highest BCUT2D eigenvalue weighted by Crippen LogP contribution is 2.44. The Kier molecular flexibility index (Phi) is 74.1. The van der Waals surface area contributed by atoms with Crippen LogP contribution in [0.2, 0.25) is 0 Å². The van der Waals surface area contributed by atoms with E-state index in [0.29, 0.717) is 47.9 Å². The van der Waals surface area contributed by atoms with Crippen LogP contribution in [0.4, 0.5) is 4.79 Å². The molecule has 0 aliphatic rings. The van der Waals surface area contributed by atoms with Gasteiger partial charge < -0.3 is 48.3 Å². The van der Waals surface area contributed by atoms with Gasteiger partial charge in [0.25, 0.3) is 0 Å². The number of nitrogens with one attached hydrogen (secondary N) is 2. The second-order valence-electron chi connectivity index (χ2n) is 33.0. The number of phosphoric acid groups is 2. The maximum atomic E-state index is 13.5. The molecule has 6 atom stereocenters. The number of amides is 2. The summed E-state index contributed by atoms with van der Waals surface area (Å²) >= 11 is 0. The van der Waals surface area contributed by atoms with Crippen LogP contribution in [-0.2, 0) is 55.8 Å². The van der Waals surface area contributed by atoms with Crippen molar-refractivity contribution in [1.29, 1.82) is 0 Å². The van der Waals surface area contributed by atoms with Gasteiger partial charge in [0.1, 0.15) is 50.7 Å². The summed E-state index contributed by atoms with van der Waals surface area (Å²) in [6, 6.07) is -1.26. The monoisotopic (exact) mass is 1580 g/mol. The fourth-order valence-electron chi connectivity index (χ4n) is 14.1. The van der Waals surface area contributed by atoms with Crippen LogP contribution in [0.3, 0.4) is 0 Å². The van der Waals surface area contributed by atoms with Gasteiger partial charge in [-0.2, -0.15) is 0 Å². The van der Waals surface area contributed by atoms with E-state index in [2.05, 4.69) is 80.4 Å². The summed E-state index contributed by atoms with van der Waals surface area (Å²) in [5.41, 5.74) is 0. The van der Waals surface area contributed by atoms with Gasteiger partial charge in [-0.1, -0.05) is 324 Å². The van der Waals surface area contributed by atoms with Crippen molar-refractivity contribution < 1.29 is 79.3 Å². The lowest BCUT2D eigenvalue weighted by molar-refractivity contribution is -0.916. The Bertz CT molecular complexity index is 1960. The molecule has 108 heavy (non-hydrogen) atoms. The summed E-state index contributed by atoms with van der Waals surface area (Å²) in [4.78, 5) is 61.1. The van der Waals surface area contributed by atoms with Gasteiger partial charge in [0.2, 0.25) is 0 Å². The second kappa shape index (κ2) is 75.3. The molecule has 4 N–H and O–H groups in total. The minimum absolute atomic E-state index is 0.107. The van der Waals surface area contributed by atoms with Crippen LogP contribution in [0.5, 0.6) is 0 Å². The number of ether oxygens (including phenoxy) is 4. The number of carbonyl (C=O) groups is 3. The van der Waals surface area contributed by atoms with Crippen LogP contribution in [0.1, 0.15) is 414 Å². The van der Waals surface area contributed by atoms with E-state index in [-0.39, 0.29) is 89.0 Å². The van der Waals surface area contributed by atoms with Crippen LogP contribution < -0.4 is 10.6 Å². The highest BCUT2D eigenvalue weighted by Gasteiger charge is 2.35.